The minimum Gasteiger partial charge on any atom is -0.380 e. The van der Waals surface area contributed by atoms with Gasteiger partial charge in [0.1, 0.15) is 0 Å². The molecule has 6 nitrogen and oxygen atoms in total. The zero-order valence-corrected chi connectivity index (χ0v) is 17.2. The summed E-state index contributed by atoms with van der Waals surface area (Å²) in [6, 6.07) is 24.5. The van der Waals surface area contributed by atoms with Crippen molar-refractivity contribution in [3.05, 3.63) is 112 Å². The maximum Gasteiger partial charge on any atom is 0.274 e. The Balaban J connectivity index is 1.61. The number of hydrogen-bond acceptors (Lipinski definition) is 4. The highest BCUT2D eigenvalue weighted by molar-refractivity contribution is 6.04. The summed E-state index contributed by atoms with van der Waals surface area (Å²) < 4.78 is 6.48. The molecule has 0 bridgehead atoms. The van der Waals surface area contributed by atoms with Crippen LogP contribution in [0.3, 0.4) is 0 Å². The molecule has 3 aromatic carbocycles. The maximum atomic E-state index is 13.0. The van der Waals surface area contributed by atoms with Gasteiger partial charge in [0.05, 0.1) is 18.5 Å². The Kier molecular flexibility index (Phi) is 6.19. The van der Waals surface area contributed by atoms with Gasteiger partial charge in [-0.1, -0.05) is 72.8 Å². The zero-order chi connectivity index (χ0) is 21.6. The summed E-state index contributed by atoms with van der Waals surface area (Å²) in [5.41, 5.74) is 3.00. The van der Waals surface area contributed by atoms with Gasteiger partial charge in [0.15, 0.2) is 5.69 Å². The van der Waals surface area contributed by atoms with Gasteiger partial charge < -0.3 is 10.1 Å². The van der Waals surface area contributed by atoms with Gasteiger partial charge in [0, 0.05) is 19.0 Å². The van der Waals surface area contributed by atoms with E-state index in [2.05, 4.69) is 10.4 Å². The first-order valence-electron chi connectivity index (χ1n) is 10.0. The normalized spacial score (nSPS) is 10.9. The van der Waals surface area contributed by atoms with Gasteiger partial charge in [-0.25, -0.2) is 4.68 Å². The van der Waals surface area contributed by atoms with Crippen LogP contribution in [0.4, 0.5) is 0 Å². The standard InChI is InChI=1S/C25H23N3O3/c1-31-17-20-13-11-18(12-14-20)15-26-24(29)23-21-9-5-6-10-22(21)25(30)28(27-23)16-19-7-3-2-4-8-19/h2-14H,15-17H2,1H3,(H,26,29). The molecule has 1 aromatic heterocycles. The fourth-order valence-electron chi connectivity index (χ4n) is 3.45. The largest absolute Gasteiger partial charge is 0.380 e. The quantitative estimate of drug-likeness (QED) is 0.503. The molecule has 0 fully saturated rings. The van der Waals surface area contributed by atoms with Crippen molar-refractivity contribution in [2.75, 3.05) is 7.11 Å². The van der Waals surface area contributed by atoms with Gasteiger partial charge in [0.2, 0.25) is 0 Å². The van der Waals surface area contributed by atoms with E-state index in [4.69, 9.17) is 4.74 Å². The highest BCUT2D eigenvalue weighted by Gasteiger charge is 2.16. The molecule has 0 saturated heterocycles. The summed E-state index contributed by atoms with van der Waals surface area (Å²) in [4.78, 5) is 25.9. The molecule has 4 aromatic rings. The molecule has 0 aliphatic rings. The van der Waals surface area contributed by atoms with E-state index in [9.17, 15) is 9.59 Å². The number of carbonyl (C=O) groups excluding carboxylic acids is 1. The van der Waals surface area contributed by atoms with Crippen LogP contribution in [-0.4, -0.2) is 22.8 Å². The predicted octanol–water partition coefficient (Wildman–Crippen LogP) is 3.52. The zero-order valence-electron chi connectivity index (χ0n) is 17.2. The summed E-state index contributed by atoms with van der Waals surface area (Å²) in [7, 11) is 1.66. The average molecular weight is 413 g/mol. The second kappa shape index (κ2) is 9.36. The van der Waals surface area contributed by atoms with Crippen molar-refractivity contribution in [1.82, 2.24) is 15.1 Å². The van der Waals surface area contributed by atoms with Crippen LogP contribution in [-0.2, 0) is 24.4 Å². The molecule has 0 saturated carbocycles. The first-order chi connectivity index (χ1) is 15.2. The van der Waals surface area contributed by atoms with Gasteiger partial charge in [-0.3, -0.25) is 9.59 Å². The highest BCUT2D eigenvalue weighted by atomic mass is 16.5. The number of nitrogens with one attached hydrogen (secondary N) is 1. The van der Waals surface area contributed by atoms with Gasteiger partial charge >= 0.3 is 0 Å². The molecular weight excluding hydrogens is 390 g/mol. The van der Waals surface area contributed by atoms with Crippen molar-refractivity contribution in [1.29, 1.82) is 0 Å². The van der Waals surface area contributed by atoms with E-state index in [1.807, 2.05) is 54.6 Å². The van der Waals surface area contributed by atoms with E-state index in [-0.39, 0.29) is 17.2 Å². The SMILES string of the molecule is COCc1ccc(CNC(=O)c2nn(Cc3ccccc3)c(=O)c3ccccc23)cc1. The monoisotopic (exact) mass is 413 g/mol. The Morgan fingerprint density at radius 1 is 0.871 bits per heavy atom. The Morgan fingerprint density at radius 2 is 1.52 bits per heavy atom. The summed E-state index contributed by atoms with van der Waals surface area (Å²) in [5.74, 6) is -0.320. The second-order valence-corrected chi connectivity index (χ2v) is 7.27. The van der Waals surface area contributed by atoms with Crippen molar-refractivity contribution in [2.24, 2.45) is 0 Å². The first-order valence-corrected chi connectivity index (χ1v) is 10.0. The number of benzene rings is 3. The van der Waals surface area contributed by atoms with Crippen LogP contribution in [0.1, 0.15) is 27.2 Å². The number of fused-ring (bicyclic) bond motifs is 1. The van der Waals surface area contributed by atoms with Crippen molar-refractivity contribution < 1.29 is 9.53 Å². The van der Waals surface area contributed by atoms with Gasteiger partial charge in [-0.05, 0) is 22.8 Å². The number of ether oxygens (including phenoxy) is 1. The summed E-state index contributed by atoms with van der Waals surface area (Å²) in [6.07, 6.45) is 0. The van der Waals surface area contributed by atoms with E-state index in [1.165, 1.54) is 4.68 Å². The fraction of sp³-hybridized carbons (Fsp3) is 0.160. The van der Waals surface area contributed by atoms with Crippen molar-refractivity contribution in [2.45, 2.75) is 19.7 Å². The molecule has 6 heteroatoms. The van der Waals surface area contributed by atoms with Crippen LogP contribution in [0.25, 0.3) is 10.8 Å². The summed E-state index contributed by atoms with van der Waals surface area (Å²) in [5, 5.41) is 8.36. The van der Waals surface area contributed by atoms with E-state index < -0.39 is 0 Å². The van der Waals surface area contributed by atoms with E-state index in [1.54, 1.807) is 31.4 Å². The van der Waals surface area contributed by atoms with E-state index >= 15 is 0 Å². The van der Waals surface area contributed by atoms with E-state index in [0.29, 0.717) is 30.5 Å². The Bertz CT molecular complexity index is 1250. The molecule has 31 heavy (non-hydrogen) atoms. The van der Waals surface area contributed by atoms with Gasteiger partial charge in [-0.2, -0.15) is 5.10 Å². The van der Waals surface area contributed by atoms with Crippen LogP contribution in [0.5, 0.6) is 0 Å². The topological polar surface area (TPSA) is 73.2 Å². The molecular formula is C25H23N3O3. The molecule has 1 amide bonds. The Labute approximate surface area is 180 Å². The molecule has 0 spiro atoms. The molecule has 0 radical (unpaired) electrons. The van der Waals surface area contributed by atoms with Crippen LogP contribution in [0.15, 0.2) is 83.7 Å². The summed E-state index contributed by atoms with van der Waals surface area (Å²) in [6.45, 7) is 1.21. The fourth-order valence-corrected chi connectivity index (χ4v) is 3.45. The number of nitrogens with zero attached hydrogens (tertiary/aromatic N) is 2. The first kappa shape index (κ1) is 20.5. The number of hydrogen-bond donors (Lipinski definition) is 1. The second-order valence-electron chi connectivity index (χ2n) is 7.27. The van der Waals surface area contributed by atoms with E-state index in [0.717, 1.165) is 16.7 Å². The number of amides is 1. The molecule has 0 unspecified atom stereocenters. The lowest BCUT2D eigenvalue weighted by molar-refractivity contribution is 0.0945. The van der Waals surface area contributed by atoms with Crippen molar-refractivity contribution in [3.8, 4) is 0 Å². The lowest BCUT2D eigenvalue weighted by Gasteiger charge is -2.12. The third-order valence-electron chi connectivity index (χ3n) is 5.05. The molecule has 156 valence electrons. The minimum absolute atomic E-state index is 0.218. The van der Waals surface area contributed by atoms with Crippen molar-refractivity contribution >= 4 is 16.7 Å². The van der Waals surface area contributed by atoms with Crippen LogP contribution < -0.4 is 10.9 Å². The average Bonchev–Trinajstić information content (AvgIpc) is 2.81. The lowest BCUT2D eigenvalue weighted by atomic mass is 10.1. The van der Waals surface area contributed by atoms with Crippen LogP contribution in [0.2, 0.25) is 0 Å². The van der Waals surface area contributed by atoms with Crippen LogP contribution in [0, 0.1) is 0 Å². The number of rotatable bonds is 7. The highest BCUT2D eigenvalue weighted by Crippen LogP contribution is 2.14. The summed E-state index contributed by atoms with van der Waals surface area (Å²) >= 11 is 0. The lowest BCUT2D eigenvalue weighted by Crippen LogP contribution is -2.30. The molecule has 0 aliphatic heterocycles. The third kappa shape index (κ3) is 4.70. The minimum atomic E-state index is -0.320. The Morgan fingerprint density at radius 3 is 2.23 bits per heavy atom. The van der Waals surface area contributed by atoms with Gasteiger partial charge in [0.25, 0.3) is 11.5 Å². The number of aromatic nitrogens is 2. The molecule has 0 aliphatic carbocycles. The predicted molar refractivity (Wildman–Crippen MR) is 120 cm³/mol. The smallest absolute Gasteiger partial charge is 0.274 e. The number of methoxy groups -OCH3 is 1. The number of carbonyl (C=O) groups is 1. The van der Waals surface area contributed by atoms with Crippen LogP contribution >= 0.6 is 0 Å². The Hall–Kier alpha value is -3.77. The molecule has 1 N–H and O–H groups in total. The molecule has 0 atom stereocenters. The third-order valence-corrected chi connectivity index (χ3v) is 5.05. The molecule has 1 heterocycles. The van der Waals surface area contributed by atoms with Crippen molar-refractivity contribution in [3.63, 3.8) is 0 Å². The maximum absolute atomic E-state index is 13.0. The molecule has 4 rings (SSSR count). The van der Waals surface area contributed by atoms with Gasteiger partial charge in [-0.15, -0.1) is 0 Å².